The van der Waals surface area contributed by atoms with Crippen LogP contribution in [0.2, 0.25) is 0 Å². The number of carbonyl (C=O) groups is 3. The number of aliphatic carboxylic acids is 1. The van der Waals surface area contributed by atoms with Crippen molar-refractivity contribution in [2.75, 3.05) is 6.54 Å². The molecule has 0 aliphatic carbocycles. The molecule has 19 heavy (non-hydrogen) atoms. The summed E-state index contributed by atoms with van der Waals surface area (Å²) >= 11 is 0.830. The fourth-order valence-corrected chi connectivity index (χ4v) is 2.43. The van der Waals surface area contributed by atoms with Gasteiger partial charge in [-0.2, -0.15) is 0 Å². The van der Waals surface area contributed by atoms with Crippen molar-refractivity contribution in [2.45, 2.75) is 12.8 Å². The zero-order chi connectivity index (χ0) is 13.8. The van der Waals surface area contributed by atoms with Crippen molar-refractivity contribution in [3.05, 3.63) is 29.1 Å². The van der Waals surface area contributed by atoms with Gasteiger partial charge in [0, 0.05) is 19.0 Å². The van der Waals surface area contributed by atoms with E-state index in [9.17, 15) is 14.4 Å². The van der Waals surface area contributed by atoms with Crippen molar-refractivity contribution in [3.8, 4) is 0 Å². The van der Waals surface area contributed by atoms with E-state index in [4.69, 9.17) is 9.52 Å². The van der Waals surface area contributed by atoms with E-state index in [1.165, 1.54) is 12.3 Å². The molecule has 0 saturated carbocycles. The second kappa shape index (κ2) is 5.75. The number of imide groups is 1. The van der Waals surface area contributed by atoms with Crippen LogP contribution in [0.1, 0.15) is 18.6 Å². The average Bonchev–Trinajstić information content (AvgIpc) is 2.93. The monoisotopic (exact) mass is 281 g/mol. The van der Waals surface area contributed by atoms with E-state index in [0.717, 1.165) is 16.7 Å². The Morgan fingerprint density at radius 2 is 2.26 bits per heavy atom. The van der Waals surface area contributed by atoms with Gasteiger partial charge in [0.15, 0.2) is 0 Å². The summed E-state index contributed by atoms with van der Waals surface area (Å²) < 4.78 is 5.08. The molecular weight excluding hydrogens is 270 g/mol. The first-order valence-corrected chi connectivity index (χ1v) is 6.40. The van der Waals surface area contributed by atoms with Gasteiger partial charge in [0.2, 0.25) is 0 Å². The van der Waals surface area contributed by atoms with Crippen LogP contribution in [0, 0.1) is 0 Å². The minimum atomic E-state index is -0.946. The summed E-state index contributed by atoms with van der Waals surface area (Å²) in [5.74, 6) is -0.856. The van der Waals surface area contributed by atoms with E-state index in [2.05, 4.69) is 0 Å². The summed E-state index contributed by atoms with van der Waals surface area (Å²) in [6.45, 7) is 0.118. The lowest BCUT2D eigenvalue weighted by molar-refractivity contribution is -0.137. The van der Waals surface area contributed by atoms with E-state index in [-0.39, 0.29) is 29.5 Å². The predicted octanol–water partition coefficient (Wildman–Crippen LogP) is 2.18. The van der Waals surface area contributed by atoms with Gasteiger partial charge in [0.05, 0.1) is 11.2 Å². The summed E-state index contributed by atoms with van der Waals surface area (Å²) in [4.78, 5) is 35.3. The molecule has 1 aliphatic heterocycles. The quantitative estimate of drug-likeness (QED) is 0.832. The summed E-state index contributed by atoms with van der Waals surface area (Å²) in [6, 6.07) is 3.36. The number of carboxylic acid groups (broad SMARTS) is 1. The third-order valence-corrected chi connectivity index (χ3v) is 3.37. The van der Waals surface area contributed by atoms with Crippen LogP contribution in [-0.4, -0.2) is 33.7 Å². The second-order valence-electron chi connectivity index (χ2n) is 3.85. The lowest BCUT2D eigenvalue weighted by atomic mass is 10.3. The van der Waals surface area contributed by atoms with Crippen LogP contribution in [0.5, 0.6) is 0 Å². The molecule has 0 radical (unpaired) electrons. The Morgan fingerprint density at radius 3 is 2.89 bits per heavy atom. The summed E-state index contributed by atoms with van der Waals surface area (Å²) in [5, 5.41) is 8.14. The first-order chi connectivity index (χ1) is 9.08. The summed E-state index contributed by atoms with van der Waals surface area (Å²) in [6.07, 6.45) is 3.16. The van der Waals surface area contributed by atoms with Crippen LogP contribution in [-0.2, 0) is 9.59 Å². The van der Waals surface area contributed by atoms with Crippen molar-refractivity contribution in [1.82, 2.24) is 4.90 Å². The van der Waals surface area contributed by atoms with E-state index < -0.39 is 11.9 Å². The van der Waals surface area contributed by atoms with E-state index in [1.54, 1.807) is 12.1 Å². The Kier molecular flexibility index (Phi) is 4.06. The zero-order valence-electron chi connectivity index (χ0n) is 9.87. The standard InChI is InChI=1S/C12H11NO5S/c14-10(15)4-1-5-13-11(16)9(19-12(13)17)7-8-3-2-6-18-8/h2-3,6-7H,1,4-5H2,(H,14,15)/b9-7+. The van der Waals surface area contributed by atoms with Gasteiger partial charge in [-0.1, -0.05) is 0 Å². The molecule has 0 unspecified atom stereocenters. The van der Waals surface area contributed by atoms with Crippen molar-refractivity contribution >= 4 is 35.0 Å². The second-order valence-corrected chi connectivity index (χ2v) is 4.84. The number of carbonyl (C=O) groups excluding carboxylic acids is 2. The molecule has 1 N–H and O–H groups in total. The van der Waals surface area contributed by atoms with E-state index in [1.807, 2.05) is 0 Å². The van der Waals surface area contributed by atoms with Gasteiger partial charge < -0.3 is 9.52 Å². The van der Waals surface area contributed by atoms with Crippen LogP contribution in [0.25, 0.3) is 6.08 Å². The number of thioether (sulfide) groups is 1. The Morgan fingerprint density at radius 1 is 1.47 bits per heavy atom. The van der Waals surface area contributed by atoms with Crippen LogP contribution in [0.3, 0.4) is 0 Å². The molecule has 1 fully saturated rings. The number of carboxylic acids is 1. The molecule has 2 amide bonds. The highest BCUT2D eigenvalue weighted by atomic mass is 32.2. The highest BCUT2D eigenvalue weighted by Gasteiger charge is 2.34. The first-order valence-electron chi connectivity index (χ1n) is 5.58. The fraction of sp³-hybridized carbons (Fsp3) is 0.250. The molecule has 0 atom stereocenters. The highest BCUT2D eigenvalue weighted by molar-refractivity contribution is 8.18. The van der Waals surface area contributed by atoms with Gasteiger partial charge in [-0.15, -0.1) is 0 Å². The Bertz CT molecular complexity index is 534. The smallest absolute Gasteiger partial charge is 0.303 e. The molecule has 100 valence electrons. The van der Waals surface area contributed by atoms with Crippen molar-refractivity contribution in [2.24, 2.45) is 0 Å². The largest absolute Gasteiger partial charge is 0.481 e. The lowest BCUT2D eigenvalue weighted by Gasteiger charge is -2.10. The average molecular weight is 281 g/mol. The molecule has 0 bridgehead atoms. The number of hydrogen-bond donors (Lipinski definition) is 1. The number of hydrogen-bond acceptors (Lipinski definition) is 5. The SMILES string of the molecule is O=C(O)CCCN1C(=O)S/C(=C/c2ccco2)C1=O. The third kappa shape index (κ3) is 3.25. The van der Waals surface area contributed by atoms with Crippen LogP contribution in [0.15, 0.2) is 27.7 Å². The maximum Gasteiger partial charge on any atom is 0.303 e. The predicted molar refractivity (Wildman–Crippen MR) is 68.3 cm³/mol. The molecule has 1 aromatic rings. The molecule has 2 rings (SSSR count). The molecule has 1 saturated heterocycles. The lowest BCUT2D eigenvalue weighted by Crippen LogP contribution is -2.29. The van der Waals surface area contributed by atoms with Gasteiger partial charge in [-0.3, -0.25) is 19.3 Å². The maximum absolute atomic E-state index is 11.9. The highest BCUT2D eigenvalue weighted by Crippen LogP contribution is 2.32. The topological polar surface area (TPSA) is 87.8 Å². The number of rotatable bonds is 5. The van der Waals surface area contributed by atoms with Crippen LogP contribution in [0.4, 0.5) is 4.79 Å². The minimum Gasteiger partial charge on any atom is -0.481 e. The van der Waals surface area contributed by atoms with Gasteiger partial charge in [-0.05, 0) is 30.3 Å². The van der Waals surface area contributed by atoms with Gasteiger partial charge in [0.1, 0.15) is 5.76 Å². The summed E-state index contributed by atoms with van der Waals surface area (Å²) in [5.41, 5.74) is 0. The summed E-state index contributed by atoms with van der Waals surface area (Å²) in [7, 11) is 0. The van der Waals surface area contributed by atoms with Crippen LogP contribution >= 0.6 is 11.8 Å². The molecule has 6 nitrogen and oxygen atoms in total. The third-order valence-electron chi connectivity index (χ3n) is 2.46. The van der Waals surface area contributed by atoms with Crippen molar-refractivity contribution in [3.63, 3.8) is 0 Å². The molecule has 2 heterocycles. The number of furan rings is 1. The Balaban J connectivity index is 2.02. The van der Waals surface area contributed by atoms with Gasteiger partial charge >= 0.3 is 5.97 Å². The fourth-order valence-electron chi connectivity index (χ4n) is 1.58. The van der Waals surface area contributed by atoms with E-state index in [0.29, 0.717) is 5.76 Å². The van der Waals surface area contributed by atoms with Gasteiger partial charge in [-0.25, -0.2) is 0 Å². The first kappa shape index (κ1) is 13.4. The molecule has 0 aromatic carbocycles. The zero-order valence-corrected chi connectivity index (χ0v) is 10.7. The Hall–Kier alpha value is -2.02. The molecule has 1 aliphatic rings. The molecule has 0 spiro atoms. The normalized spacial score (nSPS) is 17.5. The molecule has 7 heteroatoms. The molecule has 1 aromatic heterocycles. The number of amides is 2. The Labute approximate surface area is 113 Å². The van der Waals surface area contributed by atoms with Gasteiger partial charge in [0.25, 0.3) is 11.1 Å². The van der Waals surface area contributed by atoms with E-state index >= 15 is 0 Å². The molecular formula is C12H11NO5S. The van der Waals surface area contributed by atoms with Crippen molar-refractivity contribution in [1.29, 1.82) is 0 Å². The maximum atomic E-state index is 11.9. The van der Waals surface area contributed by atoms with Crippen LogP contribution < -0.4 is 0 Å². The minimum absolute atomic E-state index is 0.0705. The van der Waals surface area contributed by atoms with Crippen molar-refractivity contribution < 1.29 is 23.9 Å². The number of nitrogens with zero attached hydrogens (tertiary/aromatic N) is 1.